The first kappa shape index (κ1) is 10.6. The van der Waals surface area contributed by atoms with Crippen LogP contribution in [0.5, 0.6) is 0 Å². The molecule has 7 heteroatoms. The molecule has 1 aliphatic carbocycles. The highest BCUT2D eigenvalue weighted by Gasteiger charge is 2.57. The molecule has 1 heterocycles. The van der Waals surface area contributed by atoms with Crippen molar-refractivity contribution in [2.24, 2.45) is 0 Å². The molecule has 15 heavy (non-hydrogen) atoms. The predicted molar refractivity (Wildman–Crippen MR) is 45.9 cm³/mol. The van der Waals surface area contributed by atoms with Crippen LogP contribution in [-0.4, -0.2) is 63.1 Å². The van der Waals surface area contributed by atoms with Crippen molar-refractivity contribution < 1.29 is 30.0 Å². The summed E-state index contributed by atoms with van der Waals surface area (Å²) in [4.78, 5) is 11.1. The molecule has 86 valence electrons. The Hall–Kier alpha value is -0.890. The van der Waals surface area contributed by atoms with Crippen molar-refractivity contribution in [2.75, 3.05) is 6.61 Å². The zero-order valence-corrected chi connectivity index (χ0v) is 7.83. The number of nitrogens with one attached hydrogen (secondary N) is 1. The molecule has 2 fully saturated rings. The van der Waals surface area contributed by atoms with Gasteiger partial charge in [0.1, 0.15) is 18.3 Å². The lowest BCUT2D eigenvalue weighted by Crippen LogP contribution is -2.72. The lowest BCUT2D eigenvalue weighted by atomic mass is 9.75. The van der Waals surface area contributed by atoms with Gasteiger partial charge >= 0.3 is 6.09 Å². The van der Waals surface area contributed by atoms with Crippen LogP contribution in [0.4, 0.5) is 4.79 Å². The van der Waals surface area contributed by atoms with E-state index >= 15 is 0 Å². The highest BCUT2D eigenvalue weighted by atomic mass is 16.6. The lowest BCUT2D eigenvalue weighted by Gasteiger charge is -2.50. The number of carbonyl (C=O) groups is 1. The predicted octanol–water partition coefficient (Wildman–Crippen LogP) is -2.69. The number of aliphatic hydroxyl groups excluding tert-OH is 4. The fourth-order valence-electron chi connectivity index (χ4n) is 2.14. The van der Waals surface area contributed by atoms with Crippen molar-refractivity contribution in [1.29, 1.82) is 0 Å². The molecule has 2 rings (SSSR count). The molecule has 5 N–H and O–H groups in total. The van der Waals surface area contributed by atoms with E-state index in [1.807, 2.05) is 0 Å². The monoisotopic (exact) mass is 219 g/mol. The molecule has 5 atom stereocenters. The van der Waals surface area contributed by atoms with Crippen molar-refractivity contribution in [2.45, 2.75) is 36.4 Å². The number of aliphatic hydroxyl groups is 4. The van der Waals surface area contributed by atoms with E-state index < -0.39 is 42.7 Å². The summed E-state index contributed by atoms with van der Waals surface area (Å²) in [5.41, 5.74) is -1.51. The Kier molecular flexibility index (Phi) is 2.34. The van der Waals surface area contributed by atoms with Gasteiger partial charge in [-0.05, 0) is 0 Å². The Balaban J connectivity index is 2.32. The van der Waals surface area contributed by atoms with Gasteiger partial charge in [0.15, 0.2) is 5.60 Å². The van der Waals surface area contributed by atoms with Crippen molar-refractivity contribution in [3.63, 3.8) is 0 Å². The van der Waals surface area contributed by atoms with Crippen LogP contribution in [-0.2, 0) is 4.74 Å². The highest BCUT2D eigenvalue weighted by Crippen LogP contribution is 2.35. The van der Waals surface area contributed by atoms with Crippen LogP contribution < -0.4 is 5.32 Å². The summed E-state index contributed by atoms with van der Waals surface area (Å²) in [6.45, 7) is -0.595. The Labute approximate surface area is 85.3 Å². The van der Waals surface area contributed by atoms with E-state index in [1.54, 1.807) is 0 Å². The molecule has 0 aromatic rings. The smallest absolute Gasteiger partial charge is 0.408 e. The molecular weight excluding hydrogens is 206 g/mol. The third-order valence-corrected chi connectivity index (χ3v) is 3.06. The number of rotatable bonds is 1. The fraction of sp³-hybridized carbons (Fsp3) is 0.875. The van der Waals surface area contributed by atoms with E-state index in [4.69, 9.17) is 9.84 Å². The molecule has 1 aliphatic heterocycles. The molecule has 1 saturated heterocycles. The first-order chi connectivity index (χ1) is 7.00. The number of ether oxygens (including phenoxy) is 1. The Morgan fingerprint density at radius 2 is 2.07 bits per heavy atom. The summed E-state index contributed by atoms with van der Waals surface area (Å²) in [6, 6.07) is -0.711. The van der Waals surface area contributed by atoms with E-state index in [-0.39, 0.29) is 6.42 Å². The second kappa shape index (κ2) is 3.31. The fourth-order valence-corrected chi connectivity index (χ4v) is 2.14. The average Bonchev–Trinajstić information content (AvgIpc) is 2.23. The van der Waals surface area contributed by atoms with Crippen LogP contribution in [0.15, 0.2) is 0 Å². The molecule has 1 amide bonds. The molecule has 0 aromatic heterocycles. The summed E-state index contributed by atoms with van der Waals surface area (Å²) in [7, 11) is 0. The van der Waals surface area contributed by atoms with Crippen LogP contribution in [0.2, 0.25) is 0 Å². The van der Waals surface area contributed by atoms with Crippen molar-refractivity contribution in [3.8, 4) is 0 Å². The third kappa shape index (κ3) is 1.39. The van der Waals surface area contributed by atoms with E-state index in [0.717, 1.165) is 0 Å². The largest absolute Gasteiger partial charge is 0.438 e. The van der Waals surface area contributed by atoms with Crippen molar-refractivity contribution >= 4 is 6.09 Å². The number of hydrogen-bond acceptors (Lipinski definition) is 6. The zero-order chi connectivity index (χ0) is 11.2. The van der Waals surface area contributed by atoms with E-state index in [9.17, 15) is 20.1 Å². The summed E-state index contributed by atoms with van der Waals surface area (Å²) < 4.78 is 4.80. The van der Waals surface area contributed by atoms with Crippen molar-refractivity contribution in [1.82, 2.24) is 5.32 Å². The first-order valence-electron chi connectivity index (χ1n) is 4.65. The van der Waals surface area contributed by atoms with Gasteiger partial charge in [-0.15, -0.1) is 0 Å². The van der Waals surface area contributed by atoms with Crippen LogP contribution in [0.1, 0.15) is 6.42 Å². The maximum absolute atomic E-state index is 11.1. The Bertz CT molecular complexity index is 284. The van der Waals surface area contributed by atoms with Crippen LogP contribution in [0.3, 0.4) is 0 Å². The van der Waals surface area contributed by atoms with Gasteiger partial charge in [-0.2, -0.15) is 0 Å². The minimum absolute atomic E-state index is 0.0641. The topological polar surface area (TPSA) is 119 Å². The molecule has 0 spiro atoms. The maximum Gasteiger partial charge on any atom is 0.408 e. The quantitative estimate of drug-likeness (QED) is 0.328. The van der Waals surface area contributed by atoms with Gasteiger partial charge in [0.05, 0.1) is 12.6 Å². The van der Waals surface area contributed by atoms with Gasteiger partial charge < -0.3 is 30.5 Å². The molecule has 2 bridgehead atoms. The Morgan fingerprint density at radius 1 is 1.40 bits per heavy atom. The molecule has 2 aliphatic rings. The van der Waals surface area contributed by atoms with Crippen LogP contribution >= 0.6 is 0 Å². The third-order valence-electron chi connectivity index (χ3n) is 3.06. The highest BCUT2D eigenvalue weighted by molar-refractivity contribution is 5.69. The van der Waals surface area contributed by atoms with E-state index in [2.05, 4.69) is 5.32 Å². The van der Waals surface area contributed by atoms with E-state index in [1.165, 1.54) is 0 Å². The standard InChI is InChI=1S/C8H13NO6/c10-2-8-1-3(9-7(14)15-8)4(11)5(12)6(8)13/h3-6,10-13H,1-2H2,(H,9,14)/t3-,4-,5+,6+,8-/m0/s1. The second-order valence-corrected chi connectivity index (χ2v) is 3.99. The molecule has 7 nitrogen and oxygen atoms in total. The van der Waals surface area contributed by atoms with Gasteiger partial charge in [-0.1, -0.05) is 0 Å². The van der Waals surface area contributed by atoms with Crippen LogP contribution in [0, 0.1) is 0 Å². The van der Waals surface area contributed by atoms with E-state index in [0.29, 0.717) is 0 Å². The Morgan fingerprint density at radius 3 is 2.67 bits per heavy atom. The molecule has 0 unspecified atom stereocenters. The minimum atomic E-state index is -1.51. The minimum Gasteiger partial charge on any atom is -0.438 e. The molecule has 0 aromatic carbocycles. The second-order valence-electron chi connectivity index (χ2n) is 3.99. The zero-order valence-electron chi connectivity index (χ0n) is 7.83. The number of hydrogen-bond donors (Lipinski definition) is 5. The summed E-state index contributed by atoms with van der Waals surface area (Å²) in [5, 5.41) is 40.1. The van der Waals surface area contributed by atoms with Gasteiger partial charge in [0.25, 0.3) is 0 Å². The normalized spacial score (nSPS) is 49.5. The van der Waals surface area contributed by atoms with Gasteiger partial charge in [-0.25, -0.2) is 4.79 Å². The number of alkyl carbamates (subject to hydrolysis) is 1. The summed E-state index contributed by atoms with van der Waals surface area (Å²) in [5.74, 6) is 0. The van der Waals surface area contributed by atoms with Crippen molar-refractivity contribution in [3.05, 3.63) is 0 Å². The number of carbonyl (C=O) groups excluding carboxylic acids is 1. The lowest BCUT2D eigenvalue weighted by molar-refractivity contribution is -0.219. The molecule has 1 saturated carbocycles. The SMILES string of the molecule is O=C1N[C@H]2C[C@@](CO)(O1)[C@H](O)[C@H](O)[C@H]2O. The average molecular weight is 219 g/mol. The van der Waals surface area contributed by atoms with Crippen LogP contribution in [0.25, 0.3) is 0 Å². The number of amides is 1. The van der Waals surface area contributed by atoms with Gasteiger partial charge in [0.2, 0.25) is 0 Å². The molecule has 0 radical (unpaired) electrons. The molecular formula is C8H13NO6. The van der Waals surface area contributed by atoms with Gasteiger partial charge in [0, 0.05) is 6.42 Å². The summed E-state index contributed by atoms with van der Waals surface area (Å²) >= 11 is 0. The first-order valence-corrected chi connectivity index (χ1v) is 4.65. The summed E-state index contributed by atoms with van der Waals surface area (Å²) in [6.07, 6.45) is -4.94. The number of fused-ring (bicyclic) bond motifs is 2. The maximum atomic E-state index is 11.1. The van der Waals surface area contributed by atoms with Gasteiger partial charge in [-0.3, -0.25) is 0 Å².